The van der Waals surface area contributed by atoms with Crippen LogP contribution in [-0.4, -0.2) is 41.4 Å². The van der Waals surface area contributed by atoms with Crippen molar-refractivity contribution in [3.05, 3.63) is 58.7 Å². The third-order valence-corrected chi connectivity index (χ3v) is 6.48. The monoisotopic (exact) mass is 449 g/mol. The number of aliphatic hydroxyl groups is 1. The van der Waals surface area contributed by atoms with Crippen molar-refractivity contribution in [1.82, 2.24) is 4.90 Å². The number of benzene rings is 2. The van der Waals surface area contributed by atoms with E-state index in [1.807, 2.05) is 58.8 Å². The number of ether oxygens (including phenoxy) is 2. The average Bonchev–Trinajstić information content (AvgIpc) is 2.65. The highest BCUT2D eigenvalue weighted by Crippen LogP contribution is 2.51. The molecule has 174 valence electrons. The molecule has 3 unspecified atom stereocenters. The molecule has 2 aliphatic heterocycles. The second-order valence-electron chi connectivity index (χ2n) is 10.2. The summed E-state index contributed by atoms with van der Waals surface area (Å²) >= 11 is 0. The molecule has 7 heteroatoms. The molecule has 0 radical (unpaired) electrons. The van der Waals surface area contributed by atoms with Crippen LogP contribution in [0.25, 0.3) is 0 Å². The SMILES string of the molecule is CN(C)C1c2cc3c(cc2OC(C)(C)C1O)OC(C)(C)CC3c1cccc(C(F)(F)F)c1. The lowest BCUT2D eigenvalue weighted by Crippen LogP contribution is -2.52. The van der Waals surface area contributed by atoms with Gasteiger partial charge in [-0.25, -0.2) is 0 Å². The van der Waals surface area contributed by atoms with Gasteiger partial charge in [0.05, 0.1) is 11.6 Å². The average molecular weight is 450 g/mol. The Morgan fingerprint density at radius 1 is 0.969 bits per heavy atom. The highest BCUT2D eigenvalue weighted by Gasteiger charge is 2.46. The Balaban J connectivity index is 1.89. The van der Waals surface area contributed by atoms with Gasteiger partial charge in [-0.3, -0.25) is 4.90 Å². The number of hydrogen-bond acceptors (Lipinski definition) is 4. The van der Waals surface area contributed by atoms with E-state index in [0.29, 0.717) is 23.5 Å². The van der Waals surface area contributed by atoms with Crippen molar-refractivity contribution in [1.29, 1.82) is 0 Å². The third kappa shape index (κ3) is 3.97. The summed E-state index contributed by atoms with van der Waals surface area (Å²) in [6, 6.07) is 8.96. The molecule has 0 aliphatic carbocycles. The zero-order chi connectivity index (χ0) is 23.6. The van der Waals surface area contributed by atoms with Crippen LogP contribution in [0.15, 0.2) is 36.4 Å². The van der Waals surface area contributed by atoms with Gasteiger partial charge < -0.3 is 14.6 Å². The summed E-state index contributed by atoms with van der Waals surface area (Å²) in [5, 5.41) is 11.0. The van der Waals surface area contributed by atoms with E-state index in [1.165, 1.54) is 12.1 Å². The Morgan fingerprint density at radius 3 is 2.25 bits per heavy atom. The normalized spacial score (nSPS) is 26.0. The summed E-state index contributed by atoms with van der Waals surface area (Å²) in [5.41, 5.74) is 0.179. The predicted molar refractivity (Wildman–Crippen MR) is 116 cm³/mol. The molecule has 2 aromatic carbocycles. The van der Waals surface area contributed by atoms with Crippen LogP contribution in [-0.2, 0) is 6.18 Å². The Bertz CT molecular complexity index is 1030. The summed E-state index contributed by atoms with van der Waals surface area (Å²) in [6.07, 6.45) is -4.66. The molecule has 0 bridgehead atoms. The minimum atomic E-state index is -4.41. The van der Waals surface area contributed by atoms with E-state index in [-0.39, 0.29) is 12.0 Å². The standard InChI is InChI=1S/C25H30F3NO3/c1-23(2)13-18(14-8-7-9-15(10-14)25(26,27)28)16-11-17-20(12-19(16)31-23)32-24(3,4)22(30)21(17)29(5)6/h7-12,18,21-22,30H,13H2,1-6H3. The highest BCUT2D eigenvalue weighted by atomic mass is 19.4. The number of nitrogens with zero attached hydrogens (tertiary/aromatic N) is 1. The molecule has 0 fully saturated rings. The van der Waals surface area contributed by atoms with Gasteiger partial charge in [0.25, 0.3) is 0 Å². The number of rotatable bonds is 2. The van der Waals surface area contributed by atoms with Crippen LogP contribution in [0, 0.1) is 0 Å². The molecule has 3 atom stereocenters. The Kier molecular flexibility index (Phi) is 5.29. The molecule has 32 heavy (non-hydrogen) atoms. The maximum Gasteiger partial charge on any atom is 0.416 e. The Morgan fingerprint density at radius 2 is 1.62 bits per heavy atom. The first kappa shape index (κ1) is 22.9. The van der Waals surface area contributed by atoms with Crippen LogP contribution in [0.2, 0.25) is 0 Å². The number of halogens is 3. The van der Waals surface area contributed by atoms with E-state index in [1.54, 1.807) is 6.07 Å². The van der Waals surface area contributed by atoms with Crippen LogP contribution in [0.5, 0.6) is 11.5 Å². The maximum absolute atomic E-state index is 13.4. The largest absolute Gasteiger partial charge is 0.487 e. The van der Waals surface area contributed by atoms with Gasteiger partial charge in [-0.2, -0.15) is 13.2 Å². The zero-order valence-corrected chi connectivity index (χ0v) is 19.2. The zero-order valence-electron chi connectivity index (χ0n) is 19.2. The summed E-state index contributed by atoms with van der Waals surface area (Å²) in [5.74, 6) is 0.946. The number of alkyl halides is 3. The predicted octanol–water partition coefficient (Wildman–Crippen LogP) is 5.53. The lowest BCUT2D eigenvalue weighted by atomic mass is 9.77. The van der Waals surface area contributed by atoms with Crippen molar-refractivity contribution >= 4 is 0 Å². The van der Waals surface area contributed by atoms with Crippen molar-refractivity contribution in [2.75, 3.05) is 14.1 Å². The van der Waals surface area contributed by atoms with Gasteiger partial charge in [0, 0.05) is 23.1 Å². The molecular formula is C25H30F3NO3. The lowest BCUT2D eigenvalue weighted by molar-refractivity contribution is -0.137. The van der Waals surface area contributed by atoms with Gasteiger partial charge >= 0.3 is 6.18 Å². The van der Waals surface area contributed by atoms with Crippen molar-refractivity contribution in [2.24, 2.45) is 0 Å². The molecule has 4 rings (SSSR count). The molecule has 0 saturated carbocycles. The second-order valence-corrected chi connectivity index (χ2v) is 10.2. The maximum atomic E-state index is 13.4. The van der Waals surface area contributed by atoms with Gasteiger partial charge in [-0.15, -0.1) is 0 Å². The lowest BCUT2D eigenvalue weighted by Gasteiger charge is -2.46. The van der Waals surface area contributed by atoms with Crippen LogP contribution in [0.4, 0.5) is 13.2 Å². The van der Waals surface area contributed by atoms with Crippen molar-refractivity contribution in [3.63, 3.8) is 0 Å². The van der Waals surface area contributed by atoms with Gasteiger partial charge in [-0.1, -0.05) is 18.2 Å². The summed E-state index contributed by atoms with van der Waals surface area (Å²) in [7, 11) is 3.78. The molecule has 2 aliphatic rings. The molecule has 0 amide bonds. The molecule has 2 heterocycles. The molecule has 4 nitrogen and oxygen atoms in total. The quantitative estimate of drug-likeness (QED) is 0.654. The van der Waals surface area contributed by atoms with Crippen LogP contribution in [0.3, 0.4) is 0 Å². The smallest absolute Gasteiger partial charge is 0.416 e. The summed E-state index contributed by atoms with van der Waals surface area (Å²) < 4.78 is 52.6. The van der Waals surface area contributed by atoms with Gasteiger partial charge in [0.2, 0.25) is 0 Å². The first-order valence-corrected chi connectivity index (χ1v) is 10.8. The van der Waals surface area contributed by atoms with E-state index >= 15 is 0 Å². The number of aliphatic hydroxyl groups excluding tert-OH is 1. The minimum absolute atomic E-state index is 0.281. The first-order chi connectivity index (χ1) is 14.7. The van der Waals surface area contributed by atoms with Crippen molar-refractivity contribution < 1.29 is 27.8 Å². The van der Waals surface area contributed by atoms with E-state index in [9.17, 15) is 18.3 Å². The van der Waals surface area contributed by atoms with Crippen LogP contribution < -0.4 is 9.47 Å². The fourth-order valence-electron chi connectivity index (χ4n) is 4.90. The highest BCUT2D eigenvalue weighted by molar-refractivity contribution is 5.55. The molecular weight excluding hydrogens is 419 g/mol. The summed E-state index contributed by atoms with van der Waals surface area (Å²) in [6.45, 7) is 7.56. The second kappa shape index (κ2) is 7.39. The number of hydrogen-bond donors (Lipinski definition) is 1. The Hall–Kier alpha value is -2.25. The van der Waals surface area contributed by atoms with E-state index in [4.69, 9.17) is 9.47 Å². The molecule has 0 aromatic heterocycles. The van der Waals surface area contributed by atoms with Gasteiger partial charge in [-0.05, 0) is 65.9 Å². The van der Waals surface area contributed by atoms with E-state index < -0.39 is 29.0 Å². The topological polar surface area (TPSA) is 41.9 Å². The number of fused-ring (bicyclic) bond motifs is 2. The van der Waals surface area contributed by atoms with Crippen LogP contribution in [0.1, 0.15) is 68.3 Å². The van der Waals surface area contributed by atoms with Gasteiger partial charge in [0.1, 0.15) is 28.8 Å². The molecule has 0 saturated heterocycles. The Labute approximate surface area is 186 Å². The third-order valence-electron chi connectivity index (χ3n) is 6.48. The molecule has 2 aromatic rings. The minimum Gasteiger partial charge on any atom is -0.487 e. The van der Waals surface area contributed by atoms with E-state index in [2.05, 4.69) is 0 Å². The molecule has 0 spiro atoms. The van der Waals surface area contributed by atoms with Crippen molar-refractivity contribution in [3.8, 4) is 11.5 Å². The van der Waals surface area contributed by atoms with Crippen LogP contribution >= 0.6 is 0 Å². The van der Waals surface area contributed by atoms with E-state index in [0.717, 1.165) is 17.2 Å². The fraction of sp³-hybridized carbons (Fsp3) is 0.520. The number of likely N-dealkylation sites (N-methyl/N-ethyl adjacent to an activating group) is 1. The fourth-order valence-corrected chi connectivity index (χ4v) is 4.90. The first-order valence-electron chi connectivity index (χ1n) is 10.8. The van der Waals surface area contributed by atoms with Crippen molar-refractivity contribution in [2.45, 2.75) is 69.6 Å². The summed E-state index contributed by atoms with van der Waals surface area (Å²) in [4.78, 5) is 1.94. The van der Waals surface area contributed by atoms with Gasteiger partial charge in [0.15, 0.2) is 0 Å². The molecule has 1 N–H and O–H groups in total.